The van der Waals surface area contributed by atoms with Crippen LogP contribution in [0.5, 0.6) is 5.75 Å². The minimum atomic E-state index is -1.08. The van der Waals surface area contributed by atoms with Gasteiger partial charge in [0.1, 0.15) is 11.3 Å². The van der Waals surface area contributed by atoms with Crippen molar-refractivity contribution in [2.24, 2.45) is 0 Å². The number of carbonyl (C=O) groups is 2. The average molecular weight is 346 g/mol. The van der Waals surface area contributed by atoms with Crippen LogP contribution in [0.1, 0.15) is 34.3 Å². The van der Waals surface area contributed by atoms with Crippen LogP contribution in [-0.2, 0) is 11.3 Å². The van der Waals surface area contributed by atoms with Gasteiger partial charge in [-0.15, -0.1) is 0 Å². The predicted molar refractivity (Wildman–Crippen MR) is 91.0 cm³/mol. The molecule has 0 radical (unpaired) electrons. The normalized spacial score (nSPS) is 16.2. The highest BCUT2D eigenvalue weighted by molar-refractivity contribution is 6.31. The summed E-state index contributed by atoms with van der Waals surface area (Å²) < 4.78 is 5.14. The third kappa shape index (κ3) is 2.61. The lowest BCUT2D eigenvalue weighted by Crippen LogP contribution is -2.28. The Balaban J connectivity index is 2.04. The Bertz CT molecular complexity index is 834. The van der Waals surface area contributed by atoms with Crippen molar-refractivity contribution in [2.75, 3.05) is 12.0 Å². The lowest BCUT2D eigenvalue weighted by atomic mass is 10.0. The summed E-state index contributed by atoms with van der Waals surface area (Å²) >= 11 is 6.03. The molecule has 124 valence electrons. The van der Waals surface area contributed by atoms with Crippen LogP contribution in [0.4, 0.5) is 5.69 Å². The van der Waals surface area contributed by atoms with E-state index in [0.29, 0.717) is 10.6 Å². The maximum atomic E-state index is 12.6. The molecule has 1 aliphatic heterocycles. The van der Waals surface area contributed by atoms with Gasteiger partial charge in [0.25, 0.3) is 0 Å². The largest absolute Gasteiger partial charge is 0.496 e. The molecule has 0 bridgehead atoms. The van der Waals surface area contributed by atoms with Crippen molar-refractivity contribution in [3.63, 3.8) is 0 Å². The average Bonchev–Trinajstić information content (AvgIpc) is 2.79. The molecule has 1 aliphatic rings. The standard InChI is InChI=1S/C18H16ClNO4/c1-10-13-8-12(19)6-7-14(13)20(17(10)21)9-11-4-3-5-15(24-2)16(11)18(22)23/h3-8,10H,9H2,1-2H3,(H,22,23)/t10-/m1/s1. The monoisotopic (exact) mass is 345 g/mol. The first-order valence-corrected chi connectivity index (χ1v) is 7.81. The Morgan fingerprint density at radius 3 is 2.75 bits per heavy atom. The van der Waals surface area contributed by atoms with E-state index >= 15 is 0 Å². The maximum Gasteiger partial charge on any atom is 0.339 e. The molecule has 0 aromatic heterocycles. The Labute approximate surface area is 144 Å². The minimum absolute atomic E-state index is 0.0721. The summed E-state index contributed by atoms with van der Waals surface area (Å²) in [5.41, 5.74) is 2.20. The number of fused-ring (bicyclic) bond motifs is 1. The summed E-state index contributed by atoms with van der Waals surface area (Å²) in [6.07, 6.45) is 0. The SMILES string of the molecule is COc1cccc(CN2C(=O)[C@H](C)c3cc(Cl)ccc32)c1C(=O)O. The zero-order valence-corrected chi connectivity index (χ0v) is 14.0. The van der Waals surface area contributed by atoms with Gasteiger partial charge in [0.15, 0.2) is 0 Å². The number of methoxy groups -OCH3 is 1. The fourth-order valence-electron chi connectivity index (χ4n) is 3.06. The number of hydrogen-bond donors (Lipinski definition) is 1. The summed E-state index contributed by atoms with van der Waals surface area (Å²) in [6.45, 7) is 1.98. The summed E-state index contributed by atoms with van der Waals surface area (Å²) in [5, 5.41) is 10.1. The molecule has 1 heterocycles. The Kier molecular flexibility index (Phi) is 4.20. The molecule has 1 atom stereocenters. The molecular weight excluding hydrogens is 330 g/mol. The van der Waals surface area contributed by atoms with Crippen molar-refractivity contribution in [3.8, 4) is 5.75 Å². The molecule has 1 amide bonds. The highest BCUT2D eigenvalue weighted by Gasteiger charge is 2.35. The third-order valence-corrected chi connectivity index (χ3v) is 4.49. The number of carbonyl (C=O) groups excluding carboxylic acids is 1. The molecule has 0 spiro atoms. The summed E-state index contributed by atoms with van der Waals surface area (Å²) in [5.74, 6) is -1.20. The first kappa shape index (κ1) is 16.3. The second-order valence-corrected chi connectivity index (χ2v) is 6.09. The molecule has 0 saturated carbocycles. The molecule has 5 nitrogen and oxygen atoms in total. The van der Waals surface area contributed by atoms with Gasteiger partial charge in [-0.3, -0.25) is 4.79 Å². The summed E-state index contributed by atoms with van der Waals surface area (Å²) in [4.78, 5) is 25.8. The number of amides is 1. The lowest BCUT2D eigenvalue weighted by molar-refractivity contribution is -0.119. The van der Waals surface area contributed by atoms with Crippen LogP contribution in [0.15, 0.2) is 36.4 Å². The van der Waals surface area contributed by atoms with Crippen LogP contribution in [-0.4, -0.2) is 24.1 Å². The second kappa shape index (κ2) is 6.17. The molecule has 0 aliphatic carbocycles. The third-order valence-electron chi connectivity index (χ3n) is 4.26. The van der Waals surface area contributed by atoms with E-state index < -0.39 is 5.97 Å². The van der Waals surface area contributed by atoms with Gasteiger partial charge in [-0.25, -0.2) is 4.79 Å². The molecular formula is C18H16ClNO4. The maximum absolute atomic E-state index is 12.6. The fraction of sp³-hybridized carbons (Fsp3) is 0.222. The zero-order valence-electron chi connectivity index (χ0n) is 13.2. The van der Waals surface area contributed by atoms with Gasteiger partial charge in [0.05, 0.1) is 19.6 Å². The molecule has 2 aromatic carbocycles. The molecule has 24 heavy (non-hydrogen) atoms. The number of carboxylic acid groups (broad SMARTS) is 1. The van der Waals surface area contributed by atoms with Gasteiger partial charge in [0.2, 0.25) is 5.91 Å². The van der Waals surface area contributed by atoms with Crippen molar-refractivity contribution in [2.45, 2.75) is 19.4 Å². The van der Waals surface area contributed by atoms with Crippen molar-refractivity contribution < 1.29 is 19.4 Å². The van der Waals surface area contributed by atoms with Gasteiger partial charge in [-0.05, 0) is 42.3 Å². The van der Waals surface area contributed by atoms with E-state index in [1.807, 2.05) is 6.92 Å². The first-order valence-electron chi connectivity index (χ1n) is 7.44. The van der Waals surface area contributed by atoms with Crippen molar-refractivity contribution >= 4 is 29.2 Å². The topological polar surface area (TPSA) is 66.8 Å². The van der Waals surface area contributed by atoms with Crippen LogP contribution < -0.4 is 9.64 Å². The van der Waals surface area contributed by atoms with E-state index in [0.717, 1.165) is 11.3 Å². The Morgan fingerprint density at radius 2 is 2.08 bits per heavy atom. The number of aromatic carboxylic acids is 1. The van der Waals surface area contributed by atoms with Crippen LogP contribution in [0.25, 0.3) is 0 Å². The summed E-state index contributed by atoms with van der Waals surface area (Å²) in [6, 6.07) is 10.3. The molecule has 3 rings (SSSR count). The van der Waals surface area contributed by atoms with Crippen molar-refractivity contribution in [1.29, 1.82) is 0 Å². The number of hydrogen-bond acceptors (Lipinski definition) is 3. The van der Waals surface area contributed by atoms with Gasteiger partial charge in [-0.2, -0.15) is 0 Å². The van der Waals surface area contributed by atoms with E-state index in [2.05, 4.69) is 0 Å². The molecule has 0 unspecified atom stereocenters. The van der Waals surface area contributed by atoms with E-state index in [9.17, 15) is 14.7 Å². The fourth-order valence-corrected chi connectivity index (χ4v) is 3.24. The number of benzene rings is 2. The quantitative estimate of drug-likeness (QED) is 0.917. The van der Waals surface area contributed by atoms with Crippen LogP contribution in [0.2, 0.25) is 5.02 Å². The second-order valence-electron chi connectivity index (χ2n) is 5.65. The van der Waals surface area contributed by atoms with Crippen LogP contribution in [0, 0.1) is 0 Å². The lowest BCUT2D eigenvalue weighted by Gasteiger charge is -2.20. The van der Waals surface area contributed by atoms with Gasteiger partial charge in [0, 0.05) is 10.7 Å². The Hall–Kier alpha value is -2.53. The number of carboxylic acids is 1. The van der Waals surface area contributed by atoms with Gasteiger partial charge in [-0.1, -0.05) is 23.7 Å². The number of ether oxygens (including phenoxy) is 1. The highest BCUT2D eigenvalue weighted by atomic mass is 35.5. The number of anilines is 1. The number of halogens is 1. The zero-order chi connectivity index (χ0) is 17.4. The van der Waals surface area contributed by atoms with Gasteiger partial charge < -0.3 is 14.7 Å². The van der Waals surface area contributed by atoms with Crippen molar-refractivity contribution in [1.82, 2.24) is 0 Å². The van der Waals surface area contributed by atoms with E-state index in [1.54, 1.807) is 41.3 Å². The minimum Gasteiger partial charge on any atom is -0.496 e. The molecule has 2 aromatic rings. The first-order chi connectivity index (χ1) is 11.4. The predicted octanol–water partition coefficient (Wildman–Crippen LogP) is 3.70. The van der Waals surface area contributed by atoms with Crippen LogP contribution >= 0.6 is 11.6 Å². The van der Waals surface area contributed by atoms with Crippen LogP contribution in [0.3, 0.4) is 0 Å². The summed E-state index contributed by atoms with van der Waals surface area (Å²) in [7, 11) is 1.42. The van der Waals surface area contributed by atoms with Crippen molar-refractivity contribution in [3.05, 3.63) is 58.1 Å². The molecule has 6 heteroatoms. The highest BCUT2D eigenvalue weighted by Crippen LogP contribution is 2.40. The number of rotatable bonds is 4. The molecule has 1 N–H and O–H groups in total. The van der Waals surface area contributed by atoms with Gasteiger partial charge >= 0.3 is 5.97 Å². The smallest absolute Gasteiger partial charge is 0.339 e. The Morgan fingerprint density at radius 1 is 1.33 bits per heavy atom. The number of nitrogens with zero attached hydrogens (tertiary/aromatic N) is 1. The van der Waals surface area contributed by atoms with E-state index in [-0.39, 0.29) is 29.7 Å². The van der Waals surface area contributed by atoms with E-state index in [1.165, 1.54) is 7.11 Å². The molecule has 0 fully saturated rings. The molecule has 0 saturated heterocycles. The van der Waals surface area contributed by atoms with E-state index in [4.69, 9.17) is 16.3 Å².